The second-order valence-electron chi connectivity index (χ2n) is 8.26. The molecule has 184 valence electrons. The number of Topliss-reactive ketones (excluding diaryl/α,β-unsaturated/α-hetero) is 1. The van der Waals surface area contributed by atoms with Crippen LogP contribution in [-0.2, 0) is 11.3 Å². The van der Waals surface area contributed by atoms with Crippen LogP contribution in [0.5, 0.6) is 0 Å². The van der Waals surface area contributed by atoms with Gasteiger partial charge in [-0.3, -0.25) is 29.8 Å². The fourth-order valence-electron chi connectivity index (χ4n) is 4.47. The molecule has 0 fully saturated rings. The summed E-state index contributed by atoms with van der Waals surface area (Å²) in [6.45, 7) is 2.10. The molecule has 1 aliphatic heterocycles. The van der Waals surface area contributed by atoms with Gasteiger partial charge in [-0.2, -0.15) is 0 Å². The number of ether oxygens (including phenoxy) is 1. The van der Waals surface area contributed by atoms with Gasteiger partial charge in [0.25, 0.3) is 11.4 Å². The molecular weight excluding hydrogens is 470 g/mol. The molecule has 36 heavy (non-hydrogen) atoms. The van der Waals surface area contributed by atoms with E-state index in [9.17, 15) is 34.6 Å². The van der Waals surface area contributed by atoms with E-state index in [4.69, 9.17) is 4.74 Å². The van der Waals surface area contributed by atoms with Gasteiger partial charge in [-0.25, -0.2) is 4.79 Å². The summed E-state index contributed by atoms with van der Waals surface area (Å²) in [7, 11) is 0. The molecule has 0 amide bonds. The smallest absolute Gasteiger partial charge is 0.339 e. The van der Waals surface area contributed by atoms with Gasteiger partial charge in [-0.15, -0.1) is 0 Å². The van der Waals surface area contributed by atoms with Crippen LogP contribution >= 0.6 is 0 Å². The van der Waals surface area contributed by atoms with E-state index in [0.29, 0.717) is 18.7 Å². The Labute approximate surface area is 204 Å². The molecule has 0 saturated carbocycles. The largest absolute Gasteiger partial charge is 0.462 e. The lowest BCUT2D eigenvalue weighted by molar-refractivity contribution is -0.385. The first kappa shape index (κ1) is 24.5. The first-order valence-corrected chi connectivity index (χ1v) is 11.2. The van der Waals surface area contributed by atoms with E-state index < -0.39 is 27.5 Å². The van der Waals surface area contributed by atoms with Crippen LogP contribution in [0.15, 0.2) is 54.6 Å². The molecule has 11 heteroatoms. The van der Waals surface area contributed by atoms with Crippen LogP contribution in [0, 0.1) is 20.2 Å². The number of esters is 1. The molecule has 1 unspecified atom stereocenters. The van der Waals surface area contributed by atoms with E-state index in [1.807, 2.05) is 0 Å². The summed E-state index contributed by atoms with van der Waals surface area (Å²) < 4.78 is 6.82. The standard InChI is InChI=1S/C25H21N3O8/c1-2-36-25(31)20-14-21(24(30)17-6-4-8-19(12-17)28(34)35)26-10-9-16(23(20)26)13-22(29)15-5-3-7-18(11-15)27(32)33/h3-8,11-12,14,16H,2,9-10,13H2,1H3. The normalized spacial score (nSPS) is 14.2. The molecule has 0 radical (unpaired) electrons. The van der Waals surface area contributed by atoms with Crippen molar-refractivity contribution in [2.75, 3.05) is 6.61 Å². The maximum atomic E-state index is 13.3. The lowest BCUT2D eigenvalue weighted by Gasteiger charge is -2.11. The Morgan fingerprint density at radius 2 is 1.58 bits per heavy atom. The fourth-order valence-corrected chi connectivity index (χ4v) is 4.47. The van der Waals surface area contributed by atoms with Crippen molar-refractivity contribution in [3.8, 4) is 0 Å². The molecule has 1 aromatic heterocycles. The molecule has 0 aliphatic carbocycles. The highest BCUT2D eigenvalue weighted by Gasteiger charge is 2.35. The molecule has 1 atom stereocenters. The van der Waals surface area contributed by atoms with E-state index in [2.05, 4.69) is 0 Å². The molecule has 0 bridgehead atoms. The quantitative estimate of drug-likeness (QED) is 0.184. The summed E-state index contributed by atoms with van der Waals surface area (Å²) in [5.41, 5.74) is 0.628. The third-order valence-corrected chi connectivity index (χ3v) is 6.08. The predicted molar refractivity (Wildman–Crippen MR) is 126 cm³/mol. The average molecular weight is 491 g/mol. The van der Waals surface area contributed by atoms with Gasteiger partial charge >= 0.3 is 5.97 Å². The fraction of sp³-hybridized carbons (Fsp3) is 0.240. The Morgan fingerprint density at radius 3 is 2.19 bits per heavy atom. The predicted octanol–water partition coefficient (Wildman–Crippen LogP) is 4.47. The Hall–Kier alpha value is -4.67. The lowest BCUT2D eigenvalue weighted by Crippen LogP contribution is -2.12. The third kappa shape index (κ3) is 4.63. The van der Waals surface area contributed by atoms with Crippen molar-refractivity contribution >= 4 is 28.9 Å². The Kier molecular flexibility index (Phi) is 6.73. The Bertz CT molecular complexity index is 1410. The van der Waals surface area contributed by atoms with Crippen molar-refractivity contribution < 1.29 is 29.0 Å². The SMILES string of the molecule is CCOC(=O)c1cc(C(=O)c2cccc([N+](=O)[O-])c2)n2c1C(CC(=O)c1cccc([N+](=O)[O-])c1)CC2. The number of carbonyl (C=O) groups excluding carboxylic acids is 3. The molecule has 0 spiro atoms. The highest BCUT2D eigenvalue weighted by atomic mass is 16.6. The van der Waals surface area contributed by atoms with Gasteiger partial charge in [0.2, 0.25) is 5.78 Å². The topological polar surface area (TPSA) is 152 Å². The number of carbonyl (C=O) groups is 3. The van der Waals surface area contributed by atoms with Crippen molar-refractivity contribution in [3.63, 3.8) is 0 Å². The number of aromatic nitrogens is 1. The number of nitrogens with zero attached hydrogens (tertiary/aromatic N) is 3. The monoisotopic (exact) mass is 491 g/mol. The number of hydrogen-bond acceptors (Lipinski definition) is 8. The van der Waals surface area contributed by atoms with Gasteiger partial charge in [-0.05, 0) is 19.4 Å². The number of fused-ring (bicyclic) bond motifs is 1. The van der Waals surface area contributed by atoms with Crippen molar-refractivity contribution in [1.82, 2.24) is 4.57 Å². The van der Waals surface area contributed by atoms with Crippen molar-refractivity contribution in [3.05, 3.63) is 103 Å². The highest BCUT2D eigenvalue weighted by molar-refractivity contribution is 6.10. The van der Waals surface area contributed by atoms with Gasteiger partial charge in [0.15, 0.2) is 5.78 Å². The zero-order valence-corrected chi connectivity index (χ0v) is 19.2. The first-order chi connectivity index (χ1) is 17.2. The minimum Gasteiger partial charge on any atom is -0.462 e. The van der Waals surface area contributed by atoms with Crippen LogP contribution in [0.25, 0.3) is 0 Å². The van der Waals surface area contributed by atoms with Gasteiger partial charge in [0.1, 0.15) is 0 Å². The van der Waals surface area contributed by atoms with Gasteiger partial charge < -0.3 is 9.30 Å². The number of hydrogen-bond donors (Lipinski definition) is 0. The number of nitro benzene ring substituents is 2. The van der Waals surface area contributed by atoms with Crippen molar-refractivity contribution in [1.29, 1.82) is 0 Å². The molecule has 0 N–H and O–H groups in total. The van der Waals surface area contributed by atoms with Crippen molar-refractivity contribution in [2.24, 2.45) is 0 Å². The highest BCUT2D eigenvalue weighted by Crippen LogP contribution is 2.38. The summed E-state index contributed by atoms with van der Waals surface area (Å²) in [5, 5.41) is 22.2. The third-order valence-electron chi connectivity index (χ3n) is 6.08. The molecule has 2 aromatic carbocycles. The summed E-state index contributed by atoms with van der Waals surface area (Å²) in [4.78, 5) is 60.1. The second kappa shape index (κ2) is 9.90. The van der Waals surface area contributed by atoms with Gasteiger partial charge in [0, 0.05) is 60.0 Å². The van der Waals surface area contributed by atoms with E-state index in [-0.39, 0.29) is 52.6 Å². The second-order valence-corrected chi connectivity index (χ2v) is 8.26. The molecular formula is C25H21N3O8. The van der Waals surface area contributed by atoms with Crippen LogP contribution in [0.3, 0.4) is 0 Å². The van der Waals surface area contributed by atoms with Crippen LogP contribution in [0.1, 0.15) is 68.1 Å². The minimum atomic E-state index is -0.644. The number of nitro groups is 2. The summed E-state index contributed by atoms with van der Waals surface area (Å²) in [6, 6.07) is 12.1. The molecule has 1 aliphatic rings. The van der Waals surface area contributed by atoms with E-state index >= 15 is 0 Å². The van der Waals surface area contributed by atoms with Gasteiger partial charge in [-0.1, -0.05) is 24.3 Å². The molecule has 11 nitrogen and oxygen atoms in total. The van der Waals surface area contributed by atoms with Gasteiger partial charge in [0.05, 0.1) is 27.7 Å². The summed E-state index contributed by atoms with van der Waals surface area (Å²) in [5.74, 6) is -1.90. The summed E-state index contributed by atoms with van der Waals surface area (Å²) in [6.07, 6.45) is 0.431. The maximum absolute atomic E-state index is 13.3. The maximum Gasteiger partial charge on any atom is 0.339 e. The molecule has 0 saturated heterocycles. The minimum absolute atomic E-state index is 0.0258. The molecule has 2 heterocycles. The number of benzene rings is 2. The molecule has 4 rings (SSSR count). The lowest BCUT2D eigenvalue weighted by atomic mass is 9.92. The average Bonchev–Trinajstić information content (AvgIpc) is 3.45. The van der Waals surface area contributed by atoms with Crippen LogP contribution < -0.4 is 0 Å². The van der Waals surface area contributed by atoms with Crippen molar-refractivity contribution in [2.45, 2.75) is 32.2 Å². The van der Waals surface area contributed by atoms with Crippen LogP contribution in [-0.4, -0.2) is 38.6 Å². The molecule has 3 aromatic rings. The Morgan fingerprint density at radius 1 is 0.972 bits per heavy atom. The Balaban J connectivity index is 1.70. The zero-order valence-electron chi connectivity index (χ0n) is 19.2. The number of rotatable bonds is 9. The van der Waals surface area contributed by atoms with E-state index in [0.717, 1.165) is 0 Å². The van der Waals surface area contributed by atoms with Crippen LogP contribution in [0.4, 0.5) is 11.4 Å². The summed E-state index contributed by atoms with van der Waals surface area (Å²) >= 11 is 0. The van der Waals surface area contributed by atoms with Crippen LogP contribution in [0.2, 0.25) is 0 Å². The van der Waals surface area contributed by atoms with E-state index in [1.54, 1.807) is 11.5 Å². The first-order valence-electron chi connectivity index (χ1n) is 11.2. The van der Waals surface area contributed by atoms with E-state index in [1.165, 1.54) is 54.6 Å². The zero-order chi connectivity index (χ0) is 26.0. The number of non-ortho nitro benzene ring substituents is 2. The number of ketones is 2.